The summed E-state index contributed by atoms with van der Waals surface area (Å²) in [7, 11) is 0. The molecule has 3 rings (SSSR count). The minimum Gasteiger partial charge on any atom is -0.481 e. The summed E-state index contributed by atoms with van der Waals surface area (Å²) in [5.41, 5.74) is 0.879. The van der Waals surface area contributed by atoms with Gasteiger partial charge in [-0.3, -0.25) is 9.59 Å². The van der Waals surface area contributed by atoms with Crippen LogP contribution in [0.15, 0.2) is 5.38 Å². The zero-order valence-electron chi connectivity index (χ0n) is 11.1. The first-order valence-corrected chi connectivity index (χ1v) is 8.02. The summed E-state index contributed by atoms with van der Waals surface area (Å²) in [6, 6.07) is -0.253. The molecule has 4 unspecified atom stereocenters. The number of amides is 1. The van der Waals surface area contributed by atoms with Crippen LogP contribution >= 0.6 is 22.9 Å². The van der Waals surface area contributed by atoms with Gasteiger partial charge in [0.25, 0.3) is 5.91 Å². The number of hydrogen-bond donors (Lipinski definition) is 2. The summed E-state index contributed by atoms with van der Waals surface area (Å²) in [5.74, 6) is -0.973. The van der Waals surface area contributed by atoms with Crippen molar-refractivity contribution in [1.82, 2.24) is 5.32 Å². The topological polar surface area (TPSA) is 66.4 Å². The maximum absolute atomic E-state index is 12.3. The Morgan fingerprint density at radius 2 is 2.10 bits per heavy atom. The quantitative estimate of drug-likeness (QED) is 0.901. The Hall–Kier alpha value is -1.07. The smallest absolute Gasteiger partial charge is 0.308 e. The first-order valence-electron chi connectivity index (χ1n) is 6.76. The maximum Gasteiger partial charge on any atom is 0.308 e. The van der Waals surface area contributed by atoms with Gasteiger partial charge < -0.3 is 10.4 Å². The summed E-state index contributed by atoms with van der Waals surface area (Å²) >= 11 is 7.41. The Kier molecular flexibility index (Phi) is 3.50. The molecule has 0 aliphatic heterocycles. The molecular weight excluding hydrogens is 298 g/mol. The minimum absolute atomic E-state index is 0.211. The molecule has 1 aromatic heterocycles. The molecule has 2 fully saturated rings. The van der Waals surface area contributed by atoms with Crippen LogP contribution < -0.4 is 5.32 Å². The van der Waals surface area contributed by atoms with E-state index in [9.17, 15) is 14.7 Å². The third-order valence-corrected chi connectivity index (χ3v) is 6.30. The fraction of sp³-hybridized carbons (Fsp3) is 0.571. The van der Waals surface area contributed by atoms with Crippen LogP contribution in [0.4, 0.5) is 0 Å². The van der Waals surface area contributed by atoms with Gasteiger partial charge in [0.05, 0.1) is 10.9 Å². The molecule has 1 amide bonds. The lowest BCUT2D eigenvalue weighted by molar-refractivity contribution is -0.144. The van der Waals surface area contributed by atoms with Gasteiger partial charge in [0.1, 0.15) is 4.88 Å². The lowest BCUT2D eigenvalue weighted by Crippen LogP contribution is -2.46. The molecule has 6 heteroatoms. The first-order chi connectivity index (χ1) is 9.49. The number of hydrogen-bond acceptors (Lipinski definition) is 3. The fourth-order valence-electron chi connectivity index (χ4n) is 3.65. The molecule has 4 atom stereocenters. The van der Waals surface area contributed by atoms with Gasteiger partial charge in [-0.15, -0.1) is 11.3 Å². The number of thiophene rings is 1. The Labute approximate surface area is 126 Å². The van der Waals surface area contributed by atoms with E-state index in [1.807, 2.05) is 12.3 Å². The summed E-state index contributed by atoms with van der Waals surface area (Å²) < 4.78 is 0. The van der Waals surface area contributed by atoms with E-state index in [2.05, 4.69) is 5.32 Å². The number of halogens is 1. The molecule has 2 saturated carbocycles. The van der Waals surface area contributed by atoms with Crippen molar-refractivity contribution in [2.45, 2.75) is 32.2 Å². The number of carboxylic acid groups (broad SMARTS) is 1. The van der Waals surface area contributed by atoms with Crippen molar-refractivity contribution >= 4 is 34.8 Å². The maximum atomic E-state index is 12.3. The van der Waals surface area contributed by atoms with Gasteiger partial charge in [0.2, 0.25) is 0 Å². The number of nitrogens with one attached hydrogen (secondary N) is 1. The second-order valence-corrected chi connectivity index (χ2v) is 7.02. The van der Waals surface area contributed by atoms with Gasteiger partial charge >= 0.3 is 5.97 Å². The molecule has 0 radical (unpaired) electrons. The predicted molar refractivity (Wildman–Crippen MR) is 77.3 cm³/mol. The Morgan fingerprint density at radius 3 is 2.70 bits per heavy atom. The van der Waals surface area contributed by atoms with Gasteiger partial charge in [-0.2, -0.15) is 0 Å². The lowest BCUT2D eigenvalue weighted by atomic mass is 9.84. The summed E-state index contributed by atoms with van der Waals surface area (Å²) in [5, 5.41) is 14.6. The van der Waals surface area contributed by atoms with E-state index >= 15 is 0 Å². The number of carboxylic acids is 1. The second kappa shape index (κ2) is 5.04. The molecule has 2 N–H and O–H groups in total. The predicted octanol–water partition coefficient (Wildman–Crippen LogP) is 2.94. The molecule has 0 saturated heterocycles. The second-order valence-electron chi connectivity index (χ2n) is 5.76. The van der Waals surface area contributed by atoms with E-state index in [1.165, 1.54) is 11.3 Å². The number of carbonyl (C=O) groups excluding carboxylic acids is 1. The summed E-state index contributed by atoms with van der Waals surface area (Å²) in [6.07, 6.45) is 2.89. The van der Waals surface area contributed by atoms with E-state index in [1.54, 1.807) is 0 Å². The molecule has 1 heterocycles. The van der Waals surface area contributed by atoms with E-state index < -0.39 is 11.9 Å². The Morgan fingerprint density at radius 1 is 1.40 bits per heavy atom. The van der Waals surface area contributed by atoms with E-state index in [-0.39, 0.29) is 17.9 Å². The average Bonchev–Trinajstić information content (AvgIpc) is 3.06. The largest absolute Gasteiger partial charge is 0.481 e. The van der Waals surface area contributed by atoms with Crippen molar-refractivity contribution in [2.75, 3.05) is 0 Å². The molecule has 108 valence electrons. The van der Waals surface area contributed by atoms with Crippen molar-refractivity contribution in [1.29, 1.82) is 0 Å². The molecule has 0 spiro atoms. The highest BCUT2D eigenvalue weighted by atomic mass is 35.5. The van der Waals surface area contributed by atoms with E-state index in [0.29, 0.717) is 15.8 Å². The monoisotopic (exact) mass is 313 g/mol. The zero-order chi connectivity index (χ0) is 14.4. The molecule has 2 aliphatic carbocycles. The van der Waals surface area contributed by atoms with Crippen LogP contribution in [0.3, 0.4) is 0 Å². The van der Waals surface area contributed by atoms with Crippen molar-refractivity contribution in [3.05, 3.63) is 20.8 Å². The van der Waals surface area contributed by atoms with Gasteiger partial charge in [-0.05, 0) is 49.0 Å². The van der Waals surface area contributed by atoms with Crippen molar-refractivity contribution in [3.63, 3.8) is 0 Å². The zero-order valence-corrected chi connectivity index (χ0v) is 12.6. The molecule has 4 nitrogen and oxygen atoms in total. The van der Waals surface area contributed by atoms with Crippen LogP contribution in [0.5, 0.6) is 0 Å². The van der Waals surface area contributed by atoms with E-state index in [4.69, 9.17) is 11.6 Å². The SMILES string of the molecule is Cc1csc(C(=O)NC2C3CCC(C3)C2C(=O)O)c1Cl. The van der Waals surface area contributed by atoms with Crippen LogP contribution in [0.25, 0.3) is 0 Å². The van der Waals surface area contributed by atoms with Crippen LogP contribution in [0.1, 0.15) is 34.5 Å². The summed E-state index contributed by atoms with van der Waals surface area (Å²) in [6.45, 7) is 1.85. The normalized spacial score (nSPS) is 31.5. The summed E-state index contributed by atoms with van der Waals surface area (Å²) in [4.78, 5) is 24.2. The fourth-order valence-corrected chi connectivity index (χ4v) is 4.84. The molecule has 1 aromatic rings. The highest BCUT2D eigenvalue weighted by Gasteiger charge is 2.51. The van der Waals surface area contributed by atoms with Gasteiger partial charge in [-0.25, -0.2) is 0 Å². The Balaban J connectivity index is 1.78. The number of fused-ring (bicyclic) bond motifs is 2. The lowest BCUT2D eigenvalue weighted by Gasteiger charge is -2.28. The Bertz CT molecular complexity index is 571. The molecule has 2 aliphatic rings. The van der Waals surface area contributed by atoms with Crippen molar-refractivity contribution in [3.8, 4) is 0 Å². The third kappa shape index (κ3) is 2.13. The van der Waals surface area contributed by atoms with Crippen molar-refractivity contribution < 1.29 is 14.7 Å². The molecular formula is C14H16ClNO3S. The van der Waals surface area contributed by atoms with Crippen LogP contribution in [0.2, 0.25) is 5.02 Å². The van der Waals surface area contributed by atoms with E-state index in [0.717, 1.165) is 24.8 Å². The molecule has 0 aromatic carbocycles. The first kappa shape index (κ1) is 13.9. The highest BCUT2D eigenvalue weighted by molar-refractivity contribution is 7.13. The number of carbonyl (C=O) groups is 2. The van der Waals surface area contributed by atoms with Crippen LogP contribution in [-0.2, 0) is 4.79 Å². The molecule has 2 bridgehead atoms. The minimum atomic E-state index is -0.795. The highest BCUT2D eigenvalue weighted by Crippen LogP contribution is 2.48. The number of rotatable bonds is 3. The standard InChI is InChI=1S/C14H16ClNO3S/c1-6-5-20-12(10(6)15)13(17)16-11-8-3-2-7(4-8)9(11)14(18)19/h5,7-9,11H,2-4H2,1H3,(H,16,17)(H,18,19). The third-order valence-electron chi connectivity index (χ3n) is 4.60. The average molecular weight is 314 g/mol. The van der Waals surface area contributed by atoms with Gasteiger partial charge in [0, 0.05) is 6.04 Å². The molecule has 20 heavy (non-hydrogen) atoms. The van der Waals surface area contributed by atoms with Crippen LogP contribution in [0, 0.1) is 24.7 Å². The van der Waals surface area contributed by atoms with Crippen molar-refractivity contribution in [2.24, 2.45) is 17.8 Å². The number of aryl methyl sites for hydroxylation is 1. The van der Waals surface area contributed by atoms with Gasteiger partial charge in [-0.1, -0.05) is 11.6 Å². The van der Waals surface area contributed by atoms with Gasteiger partial charge in [0.15, 0.2) is 0 Å². The number of aliphatic carboxylic acids is 1. The van der Waals surface area contributed by atoms with Crippen LogP contribution in [-0.4, -0.2) is 23.0 Å².